The highest BCUT2D eigenvalue weighted by molar-refractivity contribution is 7.99. The molecule has 64 valence electrons. The van der Waals surface area contributed by atoms with Crippen LogP contribution in [0, 0.1) is 0 Å². The highest BCUT2D eigenvalue weighted by Gasteiger charge is 1.93. The van der Waals surface area contributed by atoms with Gasteiger partial charge in [0.05, 0.1) is 5.75 Å². The minimum absolute atomic E-state index is 0.0200. The van der Waals surface area contributed by atoms with E-state index in [1.54, 1.807) is 6.92 Å². The molecule has 0 aromatic carbocycles. The van der Waals surface area contributed by atoms with Crippen molar-refractivity contribution < 1.29 is 9.59 Å². The van der Waals surface area contributed by atoms with Crippen LogP contribution < -0.4 is 5.32 Å². The van der Waals surface area contributed by atoms with E-state index < -0.39 is 0 Å². The van der Waals surface area contributed by atoms with Gasteiger partial charge in [0.2, 0.25) is 5.91 Å². The normalized spacial score (nSPS) is 9.27. The summed E-state index contributed by atoms with van der Waals surface area (Å²) in [7, 11) is 0. The average molecular weight is 175 g/mol. The van der Waals surface area contributed by atoms with Crippen LogP contribution in [-0.4, -0.2) is 29.7 Å². The van der Waals surface area contributed by atoms with Gasteiger partial charge in [-0.1, -0.05) is 0 Å². The Labute approximate surface area is 70.9 Å². The number of rotatable bonds is 5. The number of thioether (sulfide) groups is 1. The summed E-state index contributed by atoms with van der Waals surface area (Å²) in [5.74, 6) is 1.50. The van der Waals surface area contributed by atoms with Crippen LogP contribution in [0.4, 0.5) is 0 Å². The standard InChI is InChI=1S/C7H13NO2S/c1-6(9)5-11-4-3-8-7(2)10/h3-5H2,1-2H3,(H,8,10). The molecular weight excluding hydrogens is 162 g/mol. The van der Waals surface area contributed by atoms with E-state index >= 15 is 0 Å². The van der Waals surface area contributed by atoms with Gasteiger partial charge in [0, 0.05) is 19.2 Å². The summed E-state index contributed by atoms with van der Waals surface area (Å²) in [6.45, 7) is 3.69. The molecule has 0 aliphatic heterocycles. The number of carbonyl (C=O) groups excluding carboxylic acids is 2. The fraction of sp³-hybridized carbons (Fsp3) is 0.714. The van der Waals surface area contributed by atoms with E-state index in [-0.39, 0.29) is 11.7 Å². The molecule has 1 N–H and O–H groups in total. The molecule has 0 aliphatic rings. The molecular formula is C7H13NO2S. The molecule has 0 fully saturated rings. The largest absolute Gasteiger partial charge is 0.356 e. The molecule has 0 aromatic rings. The Morgan fingerprint density at radius 1 is 1.36 bits per heavy atom. The van der Waals surface area contributed by atoms with Crippen LogP contribution >= 0.6 is 11.8 Å². The topological polar surface area (TPSA) is 46.2 Å². The maximum absolute atomic E-state index is 10.4. The Hall–Kier alpha value is -0.510. The zero-order valence-electron chi connectivity index (χ0n) is 6.85. The van der Waals surface area contributed by atoms with Crippen molar-refractivity contribution in [1.29, 1.82) is 0 Å². The quantitative estimate of drug-likeness (QED) is 0.617. The fourth-order valence-electron chi connectivity index (χ4n) is 0.515. The summed E-state index contributed by atoms with van der Waals surface area (Å²) in [6.07, 6.45) is 0. The first-order valence-corrected chi connectivity index (χ1v) is 4.60. The Morgan fingerprint density at radius 2 is 2.00 bits per heavy atom. The second-order valence-electron chi connectivity index (χ2n) is 2.24. The first-order valence-electron chi connectivity index (χ1n) is 3.44. The molecule has 0 bridgehead atoms. The van der Waals surface area contributed by atoms with Crippen LogP contribution in [0.1, 0.15) is 13.8 Å². The van der Waals surface area contributed by atoms with Gasteiger partial charge in [0.25, 0.3) is 0 Å². The molecule has 4 heteroatoms. The second-order valence-corrected chi connectivity index (χ2v) is 3.34. The predicted molar refractivity (Wildman–Crippen MR) is 46.7 cm³/mol. The van der Waals surface area contributed by atoms with Crippen molar-refractivity contribution in [1.82, 2.24) is 5.32 Å². The lowest BCUT2D eigenvalue weighted by Gasteiger charge is -1.99. The van der Waals surface area contributed by atoms with E-state index in [1.807, 2.05) is 0 Å². The van der Waals surface area contributed by atoms with E-state index in [0.29, 0.717) is 12.3 Å². The molecule has 0 saturated carbocycles. The third kappa shape index (κ3) is 9.49. The lowest BCUT2D eigenvalue weighted by atomic mass is 10.5. The molecule has 0 aromatic heterocycles. The van der Waals surface area contributed by atoms with Crippen LogP contribution in [0.5, 0.6) is 0 Å². The predicted octanol–water partition coefficient (Wildman–Crippen LogP) is 0.445. The van der Waals surface area contributed by atoms with E-state index in [1.165, 1.54) is 18.7 Å². The van der Waals surface area contributed by atoms with Gasteiger partial charge in [-0.25, -0.2) is 0 Å². The minimum Gasteiger partial charge on any atom is -0.356 e. The third-order valence-electron chi connectivity index (χ3n) is 0.926. The second kappa shape index (κ2) is 6.22. The Bertz CT molecular complexity index is 131. The molecule has 0 atom stereocenters. The number of carbonyl (C=O) groups is 2. The van der Waals surface area contributed by atoms with E-state index in [0.717, 1.165) is 5.75 Å². The van der Waals surface area contributed by atoms with Gasteiger partial charge >= 0.3 is 0 Å². The van der Waals surface area contributed by atoms with Crippen LogP contribution in [0.2, 0.25) is 0 Å². The van der Waals surface area contributed by atoms with Crippen molar-refractivity contribution in [2.45, 2.75) is 13.8 Å². The molecule has 0 aliphatic carbocycles. The smallest absolute Gasteiger partial charge is 0.216 e. The molecule has 0 heterocycles. The summed E-state index contributed by atoms with van der Waals surface area (Å²) in [5, 5.41) is 2.65. The van der Waals surface area contributed by atoms with Crippen molar-refractivity contribution >= 4 is 23.5 Å². The zero-order valence-corrected chi connectivity index (χ0v) is 7.66. The Balaban J connectivity index is 3.03. The van der Waals surface area contributed by atoms with E-state index in [9.17, 15) is 9.59 Å². The molecule has 0 radical (unpaired) electrons. The molecule has 0 spiro atoms. The van der Waals surface area contributed by atoms with Gasteiger partial charge in [0.1, 0.15) is 5.78 Å². The number of nitrogens with one attached hydrogen (secondary N) is 1. The Kier molecular flexibility index (Phi) is 5.93. The SMILES string of the molecule is CC(=O)CSCCNC(C)=O. The van der Waals surface area contributed by atoms with Crippen LogP contribution in [0.25, 0.3) is 0 Å². The molecule has 0 unspecified atom stereocenters. The third-order valence-corrected chi connectivity index (χ3v) is 2.03. The van der Waals surface area contributed by atoms with Crippen LogP contribution in [0.3, 0.4) is 0 Å². The van der Waals surface area contributed by atoms with Crippen molar-refractivity contribution in [3.63, 3.8) is 0 Å². The van der Waals surface area contributed by atoms with Gasteiger partial charge in [0.15, 0.2) is 0 Å². The fourth-order valence-corrected chi connectivity index (χ4v) is 1.19. The maximum atomic E-state index is 10.4. The zero-order chi connectivity index (χ0) is 8.69. The maximum Gasteiger partial charge on any atom is 0.216 e. The molecule has 0 rings (SSSR count). The first-order chi connectivity index (χ1) is 5.13. The summed E-state index contributed by atoms with van der Waals surface area (Å²) < 4.78 is 0. The molecule has 0 saturated heterocycles. The van der Waals surface area contributed by atoms with Crippen molar-refractivity contribution in [2.75, 3.05) is 18.1 Å². The summed E-state index contributed by atoms with van der Waals surface area (Å²) in [5.41, 5.74) is 0. The lowest BCUT2D eigenvalue weighted by molar-refractivity contribution is -0.118. The minimum atomic E-state index is -0.0200. The number of hydrogen-bond acceptors (Lipinski definition) is 3. The van der Waals surface area contributed by atoms with E-state index in [4.69, 9.17) is 0 Å². The number of amides is 1. The van der Waals surface area contributed by atoms with Gasteiger partial charge < -0.3 is 5.32 Å². The average Bonchev–Trinajstić information content (AvgIpc) is 1.85. The monoisotopic (exact) mass is 175 g/mol. The van der Waals surface area contributed by atoms with Gasteiger partial charge in [-0.05, 0) is 6.92 Å². The number of hydrogen-bond donors (Lipinski definition) is 1. The van der Waals surface area contributed by atoms with Crippen molar-refractivity contribution in [3.8, 4) is 0 Å². The van der Waals surface area contributed by atoms with Gasteiger partial charge in [-0.15, -0.1) is 0 Å². The first kappa shape index (κ1) is 10.5. The molecule has 11 heavy (non-hydrogen) atoms. The van der Waals surface area contributed by atoms with Gasteiger partial charge in [-0.2, -0.15) is 11.8 Å². The summed E-state index contributed by atoms with van der Waals surface area (Å²) in [4.78, 5) is 20.8. The van der Waals surface area contributed by atoms with Crippen molar-refractivity contribution in [3.05, 3.63) is 0 Å². The van der Waals surface area contributed by atoms with Crippen LogP contribution in [0.15, 0.2) is 0 Å². The highest BCUT2D eigenvalue weighted by Crippen LogP contribution is 1.97. The summed E-state index contributed by atoms with van der Waals surface area (Å²) >= 11 is 1.54. The molecule has 3 nitrogen and oxygen atoms in total. The number of ketones is 1. The van der Waals surface area contributed by atoms with Crippen molar-refractivity contribution in [2.24, 2.45) is 0 Å². The molecule has 1 amide bonds. The Morgan fingerprint density at radius 3 is 2.45 bits per heavy atom. The highest BCUT2D eigenvalue weighted by atomic mass is 32.2. The summed E-state index contributed by atoms with van der Waals surface area (Å²) in [6, 6.07) is 0. The van der Waals surface area contributed by atoms with Gasteiger partial charge in [-0.3, -0.25) is 9.59 Å². The van der Waals surface area contributed by atoms with Crippen LogP contribution in [-0.2, 0) is 9.59 Å². The number of Topliss-reactive ketones (excluding diaryl/α,β-unsaturated/α-hetero) is 1. The lowest BCUT2D eigenvalue weighted by Crippen LogP contribution is -2.22. The van der Waals surface area contributed by atoms with E-state index in [2.05, 4.69) is 5.32 Å².